The van der Waals surface area contributed by atoms with Gasteiger partial charge >= 0.3 is 5.97 Å². The zero-order valence-electron chi connectivity index (χ0n) is 15.3. The average molecular weight is 370 g/mol. The van der Waals surface area contributed by atoms with Gasteiger partial charge in [0.1, 0.15) is 16.7 Å². The number of aliphatic carboxylic acids is 1. The van der Waals surface area contributed by atoms with E-state index in [2.05, 4.69) is 0 Å². The molecule has 6 heteroatoms. The molecule has 3 rings (SSSR count). The third-order valence-corrected chi connectivity index (χ3v) is 5.52. The Morgan fingerprint density at radius 2 is 1.92 bits per heavy atom. The van der Waals surface area contributed by atoms with Gasteiger partial charge in [0, 0.05) is 16.4 Å². The Bertz CT molecular complexity index is 1020. The summed E-state index contributed by atoms with van der Waals surface area (Å²) in [5.41, 5.74) is 1.53. The van der Waals surface area contributed by atoms with Crippen LogP contribution in [0.15, 0.2) is 35.1 Å². The third kappa shape index (κ3) is 2.94. The van der Waals surface area contributed by atoms with Crippen LogP contribution in [0.3, 0.4) is 0 Å². The van der Waals surface area contributed by atoms with Crippen molar-refractivity contribution in [3.63, 3.8) is 0 Å². The molecule has 2 aromatic heterocycles. The standard InChI is InChI=1S/C20H22N2O3S/c1-5-14(20(24)25)22-17(11(2)3)21-18-16(19(22)23)15(12(4)26-18)13-9-7-6-8-10-13/h6-11,14H,5H2,1-4H3,(H,24,25). The summed E-state index contributed by atoms with van der Waals surface area (Å²) in [6.07, 6.45) is 0.325. The first-order valence-corrected chi connectivity index (χ1v) is 9.52. The molecule has 0 saturated heterocycles. The van der Waals surface area contributed by atoms with Crippen LogP contribution < -0.4 is 5.56 Å². The first-order chi connectivity index (χ1) is 12.4. The molecule has 0 saturated carbocycles. The second-order valence-corrected chi connectivity index (χ2v) is 7.84. The summed E-state index contributed by atoms with van der Waals surface area (Å²) in [6, 6.07) is 8.79. The predicted octanol–water partition coefficient (Wildman–Crippen LogP) is 4.59. The molecular formula is C20H22N2O3S. The van der Waals surface area contributed by atoms with Gasteiger partial charge < -0.3 is 5.11 Å². The van der Waals surface area contributed by atoms with Gasteiger partial charge in [-0.15, -0.1) is 11.3 Å². The fraction of sp³-hybridized carbons (Fsp3) is 0.350. The molecular weight excluding hydrogens is 348 g/mol. The van der Waals surface area contributed by atoms with Crippen molar-refractivity contribution in [1.82, 2.24) is 9.55 Å². The van der Waals surface area contributed by atoms with E-state index < -0.39 is 12.0 Å². The van der Waals surface area contributed by atoms with Crippen molar-refractivity contribution in [2.45, 2.75) is 46.1 Å². The number of thiophene rings is 1. The summed E-state index contributed by atoms with van der Waals surface area (Å²) < 4.78 is 1.38. The van der Waals surface area contributed by atoms with Gasteiger partial charge in [-0.25, -0.2) is 9.78 Å². The lowest BCUT2D eigenvalue weighted by Crippen LogP contribution is -2.33. The highest BCUT2D eigenvalue weighted by Gasteiger charge is 2.27. The minimum absolute atomic E-state index is 0.0527. The van der Waals surface area contributed by atoms with Gasteiger partial charge in [-0.3, -0.25) is 9.36 Å². The van der Waals surface area contributed by atoms with Crippen LogP contribution in [0.1, 0.15) is 49.9 Å². The number of nitrogens with zero attached hydrogens (tertiary/aromatic N) is 2. The number of rotatable bonds is 5. The third-order valence-electron chi connectivity index (χ3n) is 4.52. The van der Waals surface area contributed by atoms with Crippen molar-refractivity contribution in [3.05, 3.63) is 51.4 Å². The van der Waals surface area contributed by atoms with Crippen molar-refractivity contribution in [2.75, 3.05) is 0 Å². The van der Waals surface area contributed by atoms with Crippen LogP contribution in [-0.2, 0) is 4.79 Å². The molecule has 2 heterocycles. The average Bonchev–Trinajstić information content (AvgIpc) is 2.94. The van der Waals surface area contributed by atoms with E-state index in [0.717, 1.165) is 16.0 Å². The first kappa shape index (κ1) is 18.3. The van der Waals surface area contributed by atoms with E-state index in [1.54, 1.807) is 6.92 Å². The summed E-state index contributed by atoms with van der Waals surface area (Å²) in [5.74, 6) is -0.536. The van der Waals surface area contributed by atoms with Gasteiger partial charge in [-0.1, -0.05) is 51.1 Å². The molecule has 0 amide bonds. The minimum Gasteiger partial charge on any atom is -0.480 e. The summed E-state index contributed by atoms with van der Waals surface area (Å²) in [5, 5.41) is 10.2. The molecule has 0 spiro atoms. The molecule has 136 valence electrons. The molecule has 0 bridgehead atoms. The van der Waals surface area contributed by atoms with Crippen LogP contribution in [-0.4, -0.2) is 20.6 Å². The predicted molar refractivity (Wildman–Crippen MR) is 105 cm³/mol. The Labute approximate surface area is 155 Å². The summed E-state index contributed by atoms with van der Waals surface area (Å²) >= 11 is 1.48. The molecule has 1 aromatic carbocycles. The highest BCUT2D eigenvalue weighted by atomic mass is 32.1. The van der Waals surface area contributed by atoms with Crippen LogP contribution in [0.5, 0.6) is 0 Å². The molecule has 0 aliphatic carbocycles. The molecule has 1 N–H and O–H groups in total. The second kappa shape index (κ2) is 7.03. The number of aryl methyl sites for hydroxylation is 1. The number of hydrogen-bond acceptors (Lipinski definition) is 4. The largest absolute Gasteiger partial charge is 0.480 e. The molecule has 0 aliphatic rings. The fourth-order valence-corrected chi connectivity index (χ4v) is 4.36. The molecule has 26 heavy (non-hydrogen) atoms. The highest BCUT2D eigenvalue weighted by Crippen LogP contribution is 2.36. The van der Waals surface area contributed by atoms with Gasteiger partial charge in [0.15, 0.2) is 0 Å². The number of benzene rings is 1. The van der Waals surface area contributed by atoms with Gasteiger partial charge in [-0.05, 0) is 18.9 Å². The molecule has 0 fully saturated rings. The number of hydrogen-bond donors (Lipinski definition) is 1. The molecule has 0 aliphatic heterocycles. The number of fused-ring (bicyclic) bond motifs is 1. The number of aromatic nitrogens is 2. The topological polar surface area (TPSA) is 72.2 Å². The van der Waals surface area contributed by atoms with Gasteiger partial charge in [0.25, 0.3) is 5.56 Å². The second-order valence-electron chi connectivity index (χ2n) is 6.64. The Hall–Kier alpha value is -2.47. The quantitative estimate of drug-likeness (QED) is 0.713. The van der Waals surface area contributed by atoms with Crippen LogP contribution in [0.4, 0.5) is 0 Å². The van der Waals surface area contributed by atoms with Gasteiger partial charge in [0.2, 0.25) is 0 Å². The Morgan fingerprint density at radius 1 is 1.27 bits per heavy atom. The number of carboxylic acid groups (broad SMARTS) is 1. The van der Waals surface area contributed by atoms with E-state index in [0.29, 0.717) is 22.5 Å². The minimum atomic E-state index is -1.01. The SMILES string of the molecule is CCC(C(=O)O)n1c(C(C)C)nc2sc(C)c(-c3ccccc3)c2c1=O. The number of carboxylic acids is 1. The van der Waals surface area contributed by atoms with Crippen molar-refractivity contribution >= 4 is 27.5 Å². The lowest BCUT2D eigenvalue weighted by molar-refractivity contribution is -0.141. The highest BCUT2D eigenvalue weighted by molar-refractivity contribution is 7.19. The Kier molecular flexibility index (Phi) is 4.96. The zero-order valence-corrected chi connectivity index (χ0v) is 16.1. The van der Waals surface area contributed by atoms with Crippen molar-refractivity contribution in [2.24, 2.45) is 0 Å². The Balaban J connectivity index is 2.44. The lowest BCUT2D eigenvalue weighted by atomic mass is 10.0. The smallest absolute Gasteiger partial charge is 0.326 e. The van der Waals surface area contributed by atoms with E-state index in [1.165, 1.54) is 15.9 Å². The van der Waals surface area contributed by atoms with Crippen LogP contribution in [0.25, 0.3) is 21.3 Å². The van der Waals surface area contributed by atoms with Gasteiger partial charge in [-0.2, -0.15) is 0 Å². The van der Waals surface area contributed by atoms with E-state index in [1.807, 2.05) is 51.1 Å². The maximum absolute atomic E-state index is 13.4. The lowest BCUT2D eigenvalue weighted by Gasteiger charge is -2.20. The molecule has 1 atom stereocenters. The summed E-state index contributed by atoms with van der Waals surface area (Å²) in [7, 11) is 0. The van der Waals surface area contributed by atoms with Crippen LogP contribution in [0.2, 0.25) is 0 Å². The van der Waals surface area contributed by atoms with Crippen molar-refractivity contribution in [3.8, 4) is 11.1 Å². The fourth-order valence-electron chi connectivity index (χ4n) is 3.32. The van der Waals surface area contributed by atoms with E-state index in [4.69, 9.17) is 4.98 Å². The maximum Gasteiger partial charge on any atom is 0.326 e. The maximum atomic E-state index is 13.4. The zero-order chi connectivity index (χ0) is 19.0. The first-order valence-electron chi connectivity index (χ1n) is 8.70. The van der Waals surface area contributed by atoms with E-state index in [9.17, 15) is 14.7 Å². The number of carbonyl (C=O) groups is 1. The van der Waals surface area contributed by atoms with Crippen molar-refractivity contribution < 1.29 is 9.90 Å². The molecule has 1 unspecified atom stereocenters. The summed E-state index contributed by atoms with van der Waals surface area (Å²) in [6.45, 7) is 7.60. The van der Waals surface area contributed by atoms with Crippen molar-refractivity contribution in [1.29, 1.82) is 0 Å². The van der Waals surface area contributed by atoms with Crippen LogP contribution in [0, 0.1) is 6.92 Å². The van der Waals surface area contributed by atoms with Gasteiger partial charge in [0.05, 0.1) is 5.39 Å². The van der Waals surface area contributed by atoms with E-state index >= 15 is 0 Å². The Morgan fingerprint density at radius 3 is 2.46 bits per heavy atom. The van der Waals surface area contributed by atoms with E-state index in [-0.39, 0.29) is 11.5 Å². The van der Waals surface area contributed by atoms with Crippen LogP contribution >= 0.6 is 11.3 Å². The monoisotopic (exact) mass is 370 g/mol. The molecule has 5 nitrogen and oxygen atoms in total. The molecule has 0 radical (unpaired) electrons. The summed E-state index contributed by atoms with van der Waals surface area (Å²) in [4.78, 5) is 31.6. The normalized spacial score (nSPS) is 12.7. The molecule has 3 aromatic rings.